The van der Waals surface area contributed by atoms with E-state index in [1.807, 2.05) is 12.1 Å². The minimum Gasteiger partial charge on any atom is -0.496 e. The predicted octanol–water partition coefficient (Wildman–Crippen LogP) is 3.09. The summed E-state index contributed by atoms with van der Waals surface area (Å²) in [7, 11) is 1.69. The van der Waals surface area contributed by atoms with Gasteiger partial charge in [0.05, 0.1) is 7.11 Å². The van der Waals surface area contributed by atoms with Crippen molar-refractivity contribution in [2.75, 3.05) is 7.11 Å². The van der Waals surface area contributed by atoms with Crippen molar-refractivity contribution in [2.24, 2.45) is 0 Å². The summed E-state index contributed by atoms with van der Waals surface area (Å²) in [5, 5.41) is 1.16. The zero-order valence-corrected chi connectivity index (χ0v) is 7.65. The standard InChI is InChI=1S/C10H9OS/c1-7-6-8-9(11-2)4-3-5-10(8)12-7/h3-6H,1H2,2H3. The molecule has 0 unspecified atom stereocenters. The summed E-state index contributed by atoms with van der Waals surface area (Å²) in [4.78, 5) is 1.08. The van der Waals surface area contributed by atoms with Gasteiger partial charge in [0.2, 0.25) is 0 Å². The smallest absolute Gasteiger partial charge is 0.127 e. The van der Waals surface area contributed by atoms with Crippen molar-refractivity contribution >= 4 is 21.4 Å². The molecule has 0 amide bonds. The molecule has 0 spiro atoms. The molecule has 0 fully saturated rings. The van der Waals surface area contributed by atoms with Crippen molar-refractivity contribution in [2.45, 2.75) is 0 Å². The van der Waals surface area contributed by atoms with E-state index in [1.165, 1.54) is 4.70 Å². The third-order valence-electron chi connectivity index (χ3n) is 1.79. The van der Waals surface area contributed by atoms with Crippen molar-refractivity contribution < 1.29 is 4.74 Å². The molecule has 0 atom stereocenters. The van der Waals surface area contributed by atoms with Crippen LogP contribution in [-0.2, 0) is 0 Å². The van der Waals surface area contributed by atoms with E-state index in [0.29, 0.717) is 0 Å². The molecule has 1 radical (unpaired) electrons. The summed E-state index contributed by atoms with van der Waals surface area (Å²) in [5.41, 5.74) is 0. The number of ether oxygens (including phenoxy) is 1. The number of rotatable bonds is 1. The van der Waals surface area contributed by atoms with E-state index in [-0.39, 0.29) is 0 Å². The van der Waals surface area contributed by atoms with Crippen LogP contribution >= 0.6 is 11.3 Å². The van der Waals surface area contributed by atoms with Crippen LogP contribution in [-0.4, -0.2) is 7.11 Å². The van der Waals surface area contributed by atoms with E-state index in [4.69, 9.17) is 4.74 Å². The van der Waals surface area contributed by atoms with Gasteiger partial charge in [0.1, 0.15) is 5.75 Å². The SMILES string of the molecule is [CH2]c1cc2c(OC)cccc2s1. The highest BCUT2D eigenvalue weighted by Gasteiger charge is 2.02. The van der Waals surface area contributed by atoms with E-state index in [0.717, 1.165) is 16.0 Å². The molecule has 0 saturated carbocycles. The molecule has 2 aromatic rings. The lowest BCUT2D eigenvalue weighted by molar-refractivity contribution is 0.420. The van der Waals surface area contributed by atoms with Crippen molar-refractivity contribution in [3.63, 3.8) is 0 Å². The quantitative estimate of drug-likeness (QED) is 0.650. The second kappa shape index (κ2) is 2.79. The average molecular weight is 177 g/mol. The van der Waals surface area contributed by atoms with Gasteiger partial charge in [-0.2, -0.15) is 0 Å². The highest BCUT2D eigenvalue weighted by molar-refractivity contribution is 7.19. The second-order valence-electron chi connectivity index (χ2n) is 2.58. The number of benzene rings is 1. The van der Waals surface area contributed by atoms with Crippen LogP contribution in [0.25, 0.3) is 10.1 Å². The zero-order valence-electron chi connectivity index (χ0n) is 6.83. The van der Waals surface area contributed by atoms with Crippen molar-refractivity contribution in [3.05, 3.63) is 36.1 Å². The van der Waals surface area contributed by atoms with E-state index in [2.05, 4.69) is 19.1 Å². The van der Waals surface area contributed by atoms with Gasteiger partial charge < -0.3 is 4.74 Å². The Bertz CT molecular complexity index is 403. The Hall–Kier alpha value is -1.02. The van der Waals surface area contributed by atoms with Crippen LogP contribution in [0.5, 0.6) is 5.75 Å². The third-order valence-corrected chi connectivity index (χ3v) is 2.75. The normalized spacial score (nSPS) is 10.5. The highest BCUT2D eigenvalue weighted by atomic mass is 32.1. The summed E-state index contributed by atoms with van der Waals surface area (Å²) in [5.74, 6) is 0.929. The van der Waals surface area contributed by atoms with Gasteiger partial charge >= 0.3 is 0 Å². The first kappa shape index (κ1) is 7.62. The van der Waals surface area contributed by atoms with Gasteiger partial charge in [0.25, 0.3) is 0 Å². The molecule has 0 aliphatic carbocycles. The van der Waals surface area contributed by atoms with Gasteiger partial charge in [0.15, 0.2) is 0 Å². The van der Waals surface area contributed by atoms with Crippen LogP contribution in [0.1, 0.15) is 4.88 Å². The van der Waals surface area contributed by atoms with Crippen LogP contribution in [0.15, 0.2) is 24.3 Å². The first-order chi connectivity index (χ1) is 5.81. The predicted molar refractivity (Wildman–Crippen MR) is 52.8 cm³/mol. The van der Waals surface area contributed by atoms with Crippen LogP contribution in [0.3, 0.4) is 0 Å². The first-order valence-electron chi connectivity index (χ1n) is 3.70. The largest absolute Gasteiger partial charge is 0.496 e. The van der Waals surface area contributed by atoms with Crippen LogP contribution in [0, 0.1) is 6.92 Å². The van der Waals surface area contributed by atoms with Crippen LogP contribution in [0.4, 0.5) is 0 Å². The lowest BCUT2D eigenvalue weighted by atomic mass is 10.2. The molecular weight excluding hydrogens is 168 g/mol. The summed E-state index contributed by atoms with van der Waals surface area (Å²) < 4.78 is 6.46. The van der Waals surface area contributed by atoms with Gasteiger partial charge in [-0.25, -0.2) is 0 Å². The van der Waals surface area contributed by atoms with Crippen molar-refractivity contribution in [1.82, 2.24) is 0 Å². The number of methoxy groups -OCH3 is 1. The number of hydrogen-bond donors (Lipinski definition) is 0. The van der Waals surface area contributed by atoms with Gasteiger partial charge in [-0.05, 0) is 25.1 Å². The minimum absolute atomic E-state index is 0.929. The van der Waals surface area contributed by atoms with Gasteiger partial charge in [-0.15, -0.1) is 11.3 Å². The van der Waals surface area contributed by atoms with Gasteiger partial charge in [-0.3, -0.25) is 0 Å². The molecule has 1 heterocycles. The molecule has 1 nitrogen and oxygen atoms in total. The number of thiophene rings is 1. The Labute approximate surface area is 75.6 Å². The fraction of sp³-hybridized carbons (Fsp3) is 0.100. The number of fused-ring (bicyclic) bond motifs is 1. The summed E-state index contributed by atoms with van der Waals surface area (Å²) in [6.07, 6.45) is 0. The Morgan fingerprint density at radius 2 is 2.25 bits per heavy atom. The molecular formula is C10H9OS. The lowest BCUT2D eigenvalue weighted by Crippen LogP contribution is -1.80. The number of hydrogen-bond acceptors (Lipinski definition) is 2. The van der Waals surface area contributed by atoms with Crippen LogP contribution < -0.4 is 4.74 Å². The molecule has 0 aliphatic rings. The maximum atomic E-state index is 5.22. The monoisotopic (exact) mass is 177 g/mol. The van der Waals surface area contributed by atoms with Crippen molar-refractivity contribution in [3.8, 4) is 5.75 Å². The molecule has 61 valence electrons. The topological polar surface area (TPSA) is 9.23 Å². The molecule has 1 aromatic carbocycles. The fourth-order valence-electron chi connectivity index (χ4n) is 1.26. The maximum Gasteiger partial charge on any atom is 0.127 e. The summed E-state index contributed by atoms with van der Waals surface area (Å²) in [6.45, 7) is 3.90. The lowest BCUT2D eigenvalue weighted by Gasteiger charge is -1.99. The van der Waals surface area contributed by atoms with E-state index in [9.17, 15) is 0 Å². The van der Waals surface area contributed by atoms with Crippen molar-refractivity contribution in [1.29, 1.82) is 0 Å². The zero-order chi connectivity index (χ0) is 8.55. The van der Waals surface area contributed by atoms with Gasteiger partial charge in [-0.1, -0.05) is 6.07 Å². The molecule has 2 rings (SSSR count). The first-order valence-corrected chi connectivity index (χ1v) is 4.51. The Kier molecular flexibility index (Phi) is 1.77. The van der Waals surface area contributed by atoms with E-state index >= 15 is 0 Å². The van der Waals surface area contributed by atoms with E-state index < -0.39 is 0 Å². The van der Waals surface area contributed by atoms with E-state index in [1.54, 1.807) is 18.4 Å². The summed E-state index contributed by atoms with van der Waals surface area (Å²) >= 11 is 1.69. The molecule has 2 heteroatoms. The fourth-order valence-corrected chi connectivity index (χ4v) is 2.14. The molecule has 0 aliphatic heterocycles. The maximum absolute atomic E-state index is 5.22. The molecule has 1 aromatic heterocycles. The Balaban J connectivity index is 2.78. The summed E-state index contributed by atoms with van der Waals surface area (Å²) in [6, 6.07) is 8.10. The van der Waals surface area contributed by atoms with Crippen LogP contribution in [0.2, 0.25) is 0 Å². The minimum atomic E-state index is 0.929. The highest BCUT2D eigenvalue weighted by Crippen LogP contribution is 2.31. The molecule has 0 bridgehead atoms. The average Bonchev–Trinajstić information content (AvgIpc) is 2.44. The van der Waals surface area contributed by atoms with Gasteiger partial charge in [0, 0.05) is 15.0 Å². The molecule has 0 saturated heterocycles. The Morgan fingerprint density at radius 1 is 1.42 bits per heavy atom. The second-order valence-corrected chi connectivity index (χ2v) is 3.75. The molecule has 0 N–H and O–H groups in total. The Morgan fingerprint density at radius 3 is 3.00 bits per heavy atom. The molecule has 12 heavy (non-hydrogen) atoms. The third kappa shape index (κ3) is 1.08.